The van der Waals surface area contributed by atoms with Crippen LogP contribution in [0.25, 0.3) is 0 Å². The summed E-state index contributed by atoms with van der Waals surface area (Å²) in [6.07, 6.45) is 6.23. The molecule has 1 aromatic rings. The van der Waals surface area contributed by atoms with E-state index in [0.29, 0.717) is 4.99 Å². The molecule has 0 aliphatic heterocycles. The van der Waals surface area contributed by atoms with Gasteiger partial charge in [0.15, 0.2) is 0 Å². The van der Waals surface area contributed by atoms with E-state index in [2.05, 4.69) is 6.92 Å². The molecule has 0 saturated heterocycles. The molecule has 0 aliphatic rings. The van der Waals surface area contributed by atoms with Crippen molar-refractivity contribution in [3.63, 3.8) is 0 Å². The minimum absolute atomic E-state index is 0.419. The van der Waals surface area contributed by atoms with Gasteiger partial charge in [-0.1, -0.05) is 57.0 Å². The molecule has 18 heavy (non-hydrogen) atoms. The molecule has 100 valence electrons. The summed E-state index contributed by atoms with van der Waals surface area (Å²) in [5.74, 6) is 0.899. The molecule has 0 spiro atoms. The number of hydrogen-bond acceptors (Lipinski definition) is 2. The van der Waals surface area contributed by atoms with E-state index >= 15 is 0 Å². The fourth-order valence-corrected chi connectivity index (χ4v) is 1.92. The molecule has 3 heteroatoms. The van der Waals surface area contributed by atoms with Crippen LogP contribution in [-0.4, -0.2) is 11.6 Å². The third-order valence-electron chi connectivity index (χ3n) is 2.98. The Bertz CT molecular complexity index is 390. The second-order valence-corrected chi connectivity index (χ2v) is 5.05. The molecular weight excluding hydrogens is 242 g/mol. The Morgan fingerprint density at radius 1 is 1.22 bits per heavy atom. The van der Waals surface area contributed by atoms with Gasteiger partial charge in [0.25, 0.3) is 0 Å². The molecule has 2 N–H and O–H groups in total. The lowest BCUT2D eigenvalue weighted by molar-refractivity contribution is 0.302. The largest absolute Gasteiger partial charge is 0.493 e. The molecule has 0 aliphatic carbocycles. The standard InChI is InChI=1S/C15H23NOS/c1-3-4-5-6-7-10-17-14-11-13(15(16)18)9-8-12(14)2/h8-9,11H,3-7,10H2,1-2H3,(H2,16,18). The number of unbranched alkanes of at least 4 members (excludes halogenated alkanes) is 4. The number of hydrogen-bond donors (Lipinski definition) is 1. The Morgan fingerprint density at radius 2 is 1.94 bits per heavy atom. The number of nitrogens with two attached hydrogens (primary N) is 1. The Morgan fingerprint density at radius 3 is 2.61 bits per heavy atom. The zero-order valence-corrected chi connectivity index (χ0v) is 12.2. The summed E-state index contributed by atoms with van der Waals surface area (Å²) >= 11 is 4.97. The van der Waals surface area contributed by atoms with Crippen LogP contribution in [0.3, 0.4) is 0 Å². The van der Waals surface area contributed by atoms with Crippen LogP contribution in [0.15, 0.2) is 18.2 Å². The van der Waals surface area contributed by atoms with Crippen LogP contribution in [0.2, 0.25) is 0 Å². The Balaban J connectivity index is 2.41. The van der Waals surface area contributed by atoms with Gasteiger partial charge in [-0.15, -0.1) is 0 Å². The van der Waals surface area contributed by atoms with Gasteiger partial charge in [0.05, 0.1) is 6.61 Å². The smallest absolute Gasteiger partial charge is 0.122 e. The highest BCUT2D eigenvalue weighted by atomic mass is 32.1. The zero-order chi connectivity index (χ0) is 13.4. The Labute approximate surface area is 116 Å². The summed E-state index contributed by atoms with van der Waals surface area (Å²) < 4.78 is 5.79. The van der Waals surface area contributed by atoms with Crippen LogP contribution in [-0.2, 0) is 0 Å². The quantitative estimate of drug-likeness (QED) is 0.570. The number of ether oxygens (including phenoxy) is 1. The second-order valence-electron chi connectivity index (χ2n) is 4.61. The molecule has 0 fully saturated rings. The number of benzene rings is 1. The highest BCUT2D eigenvalue weighted by Crippen LogP contribution is 2.20. The Kier molecular flexibility index (Phi) is 6.73. The molecule has 0 aromatic heterocycles. The number of thiocarbonyl (C=S) groups is 1. The van der Waals surface area contributed by atoms with Crippen molar-refractivity contribution < 1.29 is 4.74 Å². The first-order chi connectivity index (χ1) is 8.65. The summed E-state index contributed by atoms with van der Waals surface area (Å²) in [6.45, 7) is 5.03. The Hall–Kier alpha value is -1.09. The molecule has 1 aromatic carbocycles. The predicted octanol–water partition coefficient (Wildman–Crippen LogP) is 3.98. The summed E-state index contributed by atoms with van der Waals surface area (Å²) in [7, 11) is 0. The van der Waals surface area contributed by atoms with Gasteiger partial charge in [-0.25, -0.2) is 0 Å². The zero-order valence-electron chi connectivity index (χ0n) is 11.4. The van der Waals surface area contributed by atoms with Gasteiger partial charge in [-0.05, 0) is 25.0 Å². The minimum atomic E-state index is 0.419. The fourth-order valence-electron chi connectivity index (χ4n) is 1.80. The lowest BCUT2D eigenvalue weighted by Crippen LogP contribution is -2.10. The van der Waals surface area contributed by atoms with Gasteiger partial charge < -0.3 is 10.5 Å². The van der Waals surface area contributed by atoms with Crippen LogP contribution in [0.1, 0.15) is 50.2 Å². The van der Waals surface area contributed by atoms with E-state index in [4.69, 9.17) is 22.7 Å². The molecule has 0 bridgehead atoms. The summed E-state index contributed by atoms with van der Waals surface area (Å²) in [5, 5.41) is 0. The fraction of sp³-hybridized carbons (Fsp3) is 0.533. The van der Waals surface area contributed by atoms with Gasteiger partial charge in [-0.3, -0.25) is 0 Å². The molecule has 0 radical (unpaired) electrons. The molecule has 0 unspecified atom stereocenters. The van der Waals surface area contributed by atoms with Crippen LogP contribution < -0.4 is 10.5 Å². The van der Waals surface area contributed by atoms with Crippen molar-refractivity contribution in [3.8, 4) is 5.75 Å². The molecule has 0 saturated carbocycles. The van der Waals surface area contributed by atoms with Gasteiger partial charge >= 0.3 is 0 Å². The highest BCUT2D eigenvalue weighted by Gasteiger charge is 2.03. The third kappa shape index (κ3) is 5.05. The maximum Gasteiger partial charge on any atom is 0.122 e. The molecule has 1 rings (SSSR count). The molecule has 0 atom stereocenters. The molecule has 0 amide bonds. The maximum atomic E-state index is 5.79. The maximum absolute atomic E-state index is 5.79. The number of rotatable bonds is 8. The lowest BCUT2D eigenvalue weighted by atomic mass is 10.1. The average molecular weight is 265 g/mol. The number of aryl methyl sites for hydroxylation is 1. The van der Waals surface area contributed by atoms with Crippen molar-refractivity contribution in [1.82, 2.24) is 0 Å². The normalized spacial score (nSPS) is 10.3. The van der Waals surface area contributed by atoms with Gasteiger partial charge in [-0.2, -0.15) is 0 Å². The highest BCUT2D eigenvalue weighted by molar-refractivity contribution is 7.80. The lowest BCUT2D eigenvalue weighted by Gasteiger charge is -2.10. The molecule has 0 heterocycles. The summed E-state index contributed by atoms with van der Waals surface area (Å²) in [4.78, 5) is 0.419. The van der Waals surface area contributed by atoms with E-state index in [1.54, 1.807) is 0 Å². The topological polar surface area (TPSA) is 35.2 Å². The van der Waals surface area contributed by atoms with Crippen molar-refractivity contribution in [3.05, 3.63) is 29.3 Å². The van der Waals surface area contributed by atoms with Crippen molar-refractivity contribution in [2.75, 3.05) is 6.61 Å². The van der Waals surface area contributed by atoms with E-state index in [9.17, 15) is 0 Å². The van der Waals surface area contributed by atoms with Crippen LogP contribution in [0.4, 0.5) is 0 Å². The molecular formula is C15H23NOS. The SMILES string of the molecule is CCCCCCCOc1cc(C(N)=S)ccc1C. The third-order valence-corrected chi connectivity index (χ3v) is 3.21. The first kappa shape index (κ1) is 15.0. The van der Waals surface area contributed by atoms with E-state index in [1.165, 1.54) is 25.7 Å². The average Bonchev–Trinajstić information content (AvgIpc) is 2.35. The first-order valence-corrected chi connectivity index (χ1v) is 7.09. The van der Waals surface area contributed by atoms with Crippen molar-refractivity contribution >= 4 is 17.2 Å². The summed E-state index contributed by atoms with van der Waals surface area (Å²) in [6, 6.07) is 5.87. The van der Waals surface area contributed by atoms with Crippen LogP contribution >= 0.6 is 12.2 Å². The minimum Gasteiger partial charge on any atom is -0.493 e. The molecule has 2 nitrogen and oxygen atoms in total. The van der Waals surface area contributed by atoms with Crippen molar-refractivity contribution in [1.29, 1.82) is 0 Å². The van der Waals surface area contributed by atoms with E-state index in [0.717, 1.165) is 29.9 Å². The van der Waals surface area contributed by atoms with Crippen molar-refractivity contribution in [2.24, 2.45) is 5.73 Å². The van der Waals surface area contributed by atoms with E-state index < -0.39 is 0 Å². The van der Waals surface area contributed by atoms with Crippen molar-refractivity contribution in [2.45, 2.75) is 46.0 Å². The van der Waals surface area contributed by atoms with Gasteiger partial charge in [0, 0.05) is 5.56 Å². The summed E-state index contributed by atoms with van der Waals surface area (Å²) in [5.41, 5.74) is 7.62. The second kappa shape index (κ2) is 8.09. The van der Waals surface area contributed by atoms with Gasteiger partial charge in [0.1, 0.15) is 10.7 Å². The first-order valence-electron chi connectivity index (χ1n) is 6.68. The predicted molar refractivity (Wildman–Crippen MR) is 81.3 cm³/mol. The van der Waals surface area contributed by atoms with Crippen LogP contribution in [0, 0.1) is 6.92 Å². The van der Waals surface area contributed by atoms with E-state index in [-0.39, 0.29) is 0 Å². The van der Waals surface area contributed by atoms with Gasteiger partial charge in [0.2, 0.25) is 0 Å². The van der Waals surface area contributed by atoms with E-state index in [1.807, 2.05) is 25.1 Å². The van der Waals surface area contributed by atoms with Crippen LogP contribution in [0.5, 0.6) is 5.75 Å². The monoisotopic (exact) mass is 265 g/mol.